The summed E-state index contributed by atoms with van der Waals surface area (Å²) in [6, 6.07) is 10.3. The Morgan fingerprint density at radius 1 is 1.14 bits per heavy atom. The van der Waals surface area contributed by atoms with Crippen LogP contribution < -0.4 is 5.32 Å². The monoisotopic (exact) mass is 387 g/mol. The van der Waals surface area contributed by atoms with Gasteiger partial charge < -0.3 is 24.4 Å². The molecule has 0 saturated carbocycles. The number of likely N-dealkylation sites (tertiary alicyclic amines) is 1. The van der Waals surface area contributed by atoms with E-state index in [4.69, 9.17) is 19.2 Å². The third-order valence-corrected chi connectivity index (χ3v) is 6.16. The molecule has 3 aliphatic rings. The number of nitrogens with zero attached hydrogens (tertiary/aromatic N) is 2. The van der Waals surface area contributed by atoms with Crippen LogP contribution in [0.3, 0.4) is 0 Å². The summed E-state index contributed by atoms with van der Waals surface area (Å²) < 4.78 is 17.8. The summed E-state index contributed by atoms with van der Waals surface area (Å²) >= 11 is 0. The molecule has 1 aromatic carbocycles. The fourth-order valence-corrected chi connectivity index (χ4v) is 4.49. The summed E-state index contributed by atoms with van der Waals surface area (Å²) in [6.45, 7) is 9.78. The summed E-state index contributed by atoms with van der Waals surface area (Å²) in [6.07, 6.45) is 3.75. The summed E-state index contributed by atoms with van der Waals surface area (Å²) in [5, 5.41) is 3.56. The van der Waals surface area contributed by atoms with Crippen LogP contribution in [0, 0.1) is 11.3 Å². The number of hydrogen-bond acceptors (Lipinski definition) is 4. The Labute approximate surface area is 168 Å². The van der Waals surface area contributed by atoms with Gasteiger partial charge in [0.1, 0.15) is 6.61 Å². The zero-order chi connectivity index (χ0) is 19.5. The molecule has 0 amide bonds. The van der Waals surface area contributed by atoms with E-state index in [2.05, 4.69) is 48.3 Å². The molecule has 1 aromatic rings. The van der Waals surface area contributed by atoms with Gasteiger partial charge in [-0.3, -0.25) is 4.99 Å². The molecule has 154 valence electrons. The number of para-hydroxylation sites is 1. The highest BCUT2D eigenvalue weighted by Gasteiger charge is 2.55. The number of rotatable bonds is 4. The highest BCUT2D eigenvalue weighted by molar-refractivity contribution is 5.93. The molecule has 3 aliphatic heterocycles. The summed E-state index contributed by atoms with van der Waals surface area (Å²) in [7, 11) is 0. The van der Waals surface area contributed by atoms with Gasteiger partial charge in [0.05, 0.1) is 19.8 Å². The largest absolute Gasteiger partial charge is 0.375 e. The summed E-state index contributed by atoms with van der Waals surface area (Å²) in [5.74, 6) is 0.558. The third kappa shape index (κ3) is 4.19. The van der Waals surface area contributed by atoms with Crippen molar-refractivity contribution in [2.75, 3.05) is 51.4 Å². The van der Waals surface area contributed by atoms with E-state index in [1.165, 1.54) is 19.3 Å². The first-order chi connectivity index (χ1) is 13.6. The van der Waals surface area contributed by atoms with Crippen LogP contribution in [-0.4, -0.2) is 62.7 Å². The molecule has 0 radical (unpaired) electrons. The standard InChI is InChI=1S/C22H33N3O3/c1-21(2,19-15-26-17-22(19)27-13-14-28-22)16-23-20(25-11-7-4-8-12-25)24-18-9-5-3-6-10-18/h3,5-6,9-10,19H,4,7-8,11-17H2,1-2H3,(H,23,24). The fourth-order valence-electron chi connectivity index (χ4n) is 4.49. The van der Waals surface area contributed by atoms with Crippen LogP contribution in [0.25, 0.3) is 0 Å². The number of hydrogen-bond donors (Lipinski definition) is 1. The van der Waals surface area contributed by atoms with Crippen LogP contribution >= 0.6 is 0 Å². The maximum atomic E-state index is 6.00. The summed E-state index contributed by atoms with van der Waals surface area (Å²) in [4.78, 5) is 7.46. The smallest absolute Gasteiger partial charge is 0.198 e. The molecule has 3 fully saturated rings. The first kappa shape index (κ1) is 19.7. The van der Waals surface area contributed by atoms with E-state index in [0.717, 1.165) is 24.7 Å². The van der Waals surface area contributed by atoms with E-state index >= 15 is 0 Å². The molecule has 3 saturated heterocycles. The molecule has 3 heterocycles. The quantitative estimate of drug-likeness (QED) is 0.634. The minimum Gasteiger partial charge on any atom is -0.375 e. The Balaban J connectivity index is 1.51. The van der Waals surface area contributed by atoms with Crippen molar-refractivity contribution in [3.63, 3.8) is 0 Å². The van der Waals surface area contributed by atoms with Crippen molar-refractivity contribution in [3.8, 4) is 0 Å². The zero-order valence-electron chi connectivity index (χ0n) is 17.2. The van der Waals surface area contributed by atoms with Gasteiger partial charge >= 0.3 is 0 Å². The lowest BCUT2D eigenvalue weighted by atomic mass is 9.75. The van der Waals surface area contributed by atoms with E-state index in [1.54, 1.807) is 0 Å². The number of aliphatic imine (C=N–C) groups is 1. The Hall–Kier alpha value is -1.63. The molecule has 0 bridgehead atoms. The zero-order valence-corrected chi connectivity index (χ0v) is 17.2. The van der Waals surface area contributed by atoms with Gasteiger partial charge in [0.25, 0.3) is 0 Å². The second-order valence-electron chi connectivity index (χ2n) is 8.74. The molecule has 6 nitrogen and oxygen atoms in total. The number of anilines is 1. The van der Waals surface area contributed by atoms with Crippen molar-refractivity contribution in [2.45, 2.75) is 38.9 Å². The Bertz CT molecular complexity index is 659. The van der Waals surface area contributed by atoms with Gasteiger partial charge in [-0.15, -0.1) is 0 Å². The number of ether oxygens (including phenoxy) is 3. The molecule has 1 atom stereocenters. The van der Waals surface area contributed by atoms with Crippen molar-refractivity contribution in [1.82, 2.24) is 4.90 Å². The van der Waals surface area contributed by atoms with Gasteiger partial charge in [0.15, 0.2) is 11.7 Å². The van der Waals surface area contributed by atoms with Gasteiger partial charge in [-0.25, -0.2) is 0 Å². The maximum absolute atomic E-state index is 6.00. The average Bonchev–Trinajstić information content (AvgIpc) is 3.37. The molecule has 6 heteroatoms. The highest BCUT2D eigenvalue weighted by atomic mass is 16.8. The van der Waals surface area contributed by atoms with Gasteiger partial charge in [-0.05, 0) is 36.8 Å². The number of nitrogens with one attached hydrogen (secondary N) is 1. The SMILES string of the molecule is CC(C)(CN=C(Nc1ccccc1)N1CCCCC1)C1COCC12OCCO2. The minimum absolute atomic E-state index is 0.0970. The molecular formula is C22H33N3O3. The Morgan fingerprint density at radius 3 is 2.57 bits per heavy atom. The van der Waals surface area contributed by atoms with Gasteiger partial charge in [-0.1, -0.05) is 32.0 Å². The number of guanidine groups is 1. The normalized spacial score (nSPS) is 25.4. The van der Waals surface area contributed by atoms with Crippen LogP contribution in [0.15, 0.2) is 35.3 Å². The lowest BCUT2D eigenvalue weighted by molar-refractivity contribution is -0.196. The first-order valence-corrected chi connectivity index (χ1v) is 10.6. The molecule has 1 spiro atoms. The van der Waals surface area contributed by atoms with Crippen LogP contribution in [0.2, 0.25) is 0 Å². The average molecular weight is 388 g/mol. The topological polar surface area (TPSA) is 55.3 Å². The molecule has 1 N–H and O–H groups in total. The van der Waals surface area contributed by atoms with Crippen LogP contribution in [0.5, 0.6) is 0 Å². The third-order valence-electron chi connectivity index (χ3n) is 6.16. The fraction of sp³-hybridized carbons (Fsp3) is 0.682. The maximum Gasteiger partial charge on any atom is 0.198 e. The lowest BCUT2D eigenvalue weighted by Crippen LogP contribution is -2.47. The number of benzene rings is 1. The lowest BCUT2D eigenvalue weighted by Gasteiger charge is -2.38. The van der Waals surface area contributed by atoms with E-state index in [-0.39, 0.29) is 11.3 Å². The van der Waals surface area contributed by atoms with Gasteiger partial charge in [0.2, 0.25) is 0 Å². The van der Waals surface area contributed by atoms with Crippen LogP contribution in [-0.2, 0) is 14.2 Å². The van der Waals surface area contributed by atoms with Gasteiger partial charge in [-0.2, -0.15) is 0 Å². The van der Waals surface area contributed by atoms with Crippen LogP contribution in [0.4, 0.5) is 5.69 Å². The molecule has 0 aliphatic carbocycles. The van der Waals surface area contributed by atoms with Crippen LogP contribution in [0.1, 0.15) is 33.1 Å². The minimum atomic E-state index is -0.586. The summed E-state index contributed by atoms with van der Waals surface area (Å²) in [5.41, 5.74) is 0.980. The first-order valence-electron chi connectivity index (χ1n) is 10.6. The van der Waals surface area contributed by atoms with Crippen molar-refractivity contribution in [3.05, 3.63) is 30.3 Å². The van der Waals surface area contributed by atoms with Crippen molar-refractivity contribution >= 4 is 11.6 Å². The van der Waals surface area contributed by atoms with E-state index in [9.17, 15) is 0 Å². The molecule has 4 rings (SSSR count). The van der Waals surface area contributed by atoms with Gasteiger partial charge in [0, 0.05) is 31.2 Å². The molecule has 0 aromatic heterocycles. The van der Waals surface area contributed by atoms with E-state index in [1.807, 2.05) is 6.07 Å². The molecular weight excluding hydrogens is 354 g/mol. The Morgan fingerprint density at radius 2 is 1.86 bits per heavy atom. The highest BCUT2D eigenvalue weighted by Crippen LogP contribution is 2.44. The second kappa shape index (κ2) is 8.39. The molecule has 28 heavy (non-hydrogen) atoms. The van der Waals surface area contributed by atoms with Crippen molar-refractivity contribution < 1.29 is 14.2 Å². The van der Waals surface area contributed by atoms with E-state index in [0.29, 0.717) is 33.0 Å². The predicted molar refractivity (Wildman–Crippen MR) is 111 cm³/mol. The van der Waals surface area contributed by atoms with E-state index < -0.39 is 5.79 Å². The predicted octanol–water partition coefficient (Wildman–Crippen LogP) is 3.36. The second-order valence-corrected chi connectivity index (χ2v) is 8.74. The van der Waals surface area contributed by atoms with Crippen molar-refractivity contribution in [2.24, 2.45) is 16.3 Å². The molecule has 1 unspecified atom stereocenters. The Kier molecular flexibility index (Phi) is 5.90. The van der Waals surface area contributed by atoms with Crippen molar-refractivity contribution in [1.29, 1.82) is 0 Å². The number of piperidine rings is 1.